The summed E-state index contributed by atoms with van der Waals surface area (Å²) in [6, 6.07) is 0. The molecule has 0 unspecified atom stereocenters. The molecule has 2 aromatic rings. The Bertz CT molecular complexity index is 496. The molecule has 2 rings (SSSR count). The first kappa shape index (κ1) is 17.5. The molecular formula is C14H20N2O4S2. The van der Waals surface area contributed by atoms with Crippen molar-refractivity contribution in [3.8, 4) is 10.0 Å². The first-order valence-corrected chi connectivity index (χ1v) is 8.85. The van der Waals surface area contributed by atoms with Crippen molar-refractivity contribution < 1.29 is 19.7 Å². The Morgan fingerprint density at radius 1 is 0.818 bits per heavy atom. The van der Waals surface area contributed by atoms with Crippen LogP contribution < -0.4 is 0 Å². The predicted molar refractivity (Wildman–Crippen MR) is 85.9 cm³/mol. The van der Waals surface area contributed by atoms with Crippen LogP contribution in [0.5, 0.6) is 0 Å². The van der Waals surface area contributed by atoms with Crippen LogP contribution in [-0.4, -0.2) is 46.6 Å². The molecule has 0 aliphatic heterocycles. The second kappa shape index (κ2) is 9.98. The van der Waals surface area contributed by atoms with Crippen molar-refractivity contribution in [2.45, 2.75) is 26.1 Å². The number of hydrogen-bond acceptors (Lipinski definition) is 8. The lowest BCUT2D eigenvalue weighted by molar-refractivity contribution is 0.102. The lowest BCUT2D eigenvalue weighted by atomic mass is 10.5. The summed E-state index contributed by atoms with van der Waals surface area (Å²) in [7, 11) is 0. The summed E-state index contributed by atoms with van der Waals surface area (Å²) in [5.41, 5.74) is 1.77. The second-order valence-corrected chi connectivity index (χ2v) is 6.26. The third-order valence-corrected chi connectivity index (χ3v) is 4.60. The maximum Gasteiger partial charge on any atom is 0.152 e. The highest BCUT2D eigenvalue weighted by Gasteiger charge is 2.10. The van der Waals surface area contributed by atoms with Crippen LogP contribution in [0.4, 0.5) is 0 Å². The van der Waals surface area contributed by atoms with Gasteiger partial charge >= 0.3 is 0 Å². The van der Waals surface area contributed by atoms with E-state index in [-0.39, 0.29) is 13.2 Å². The number of ether oxygens (including phenoxy) is 2. The smallest absolute Gasteiger partial charge is 0.152 e. The minimum Gasteiger partial charge on any atom is -0.396 e. The molecule has 2 aromatic heterocycles. The Morgan fingerprint density at radius 2 is 1.27 bits per heavy atom. The Kier molecular flexibility index (Phi) is 7.92. The number of nitrogens with zero attached hydrogens (tertiary/aromatic N) is 2. The van der Waals surface area contributed by atoms with E-state index in [9.17, 15) is 0 Å². The van der Waals surface area contributed by atoms with Gasteiger partial charge in [-0.1, -0.05) is 0 Å². The predicted octanol–water partition coefficient (Wildman–Crippen LogP) is 2.06. The van der Waals surface area contributed by atoms with Crippen LogP contribution in [0.25, 0.3) is 10.0 Å². The highest BCUT2D eigenvalue weighted by molar-refractivity contribution is 7.19. The molecule has 0 saturated carbocycles. The van der Waals surface area contributed by atoms with Gasteiger partial charge < -0.3 is 19.7 Å². The number of aromatic nitrogens is 2. The van der Waals surface area contributed by atoms with Gasteiger partial charge in [-0.05, 0) is 12.8 Å². The van der Waals surface area contributed by atoms with Crippen molar-refractivity contribution in [2.24, 2.45) is 0 Å². The summed E-state index contributed by atoms with van der Waals surface area (Å²) in [6.07, 6.45) is 1.28. The van der Waals surface area contributed by atoms with Gasteiger partial charge in [0.05, 0.1) is 24.6 Å². The number of aliphatic hydroxyl groups excluding tert-OH is 2. The number of aliphatic hydroxyl groups is 2. The second-order valence-electron chi connectivity index (χ2n) is 4.55. The first-order chi connectivity index (χ1) is 10.8. The number of hydrogen-bond donors (Lipinski definition) is 2. The SMILES string of the molecule is OCCCOCc1csc(-c2nc(COCCCO)cs2)n1. The van der Waals surface area contributed by atoms with Gasteiger partial charge in [0.15, 0.2) is 10.0 Å². The summed E-state index contributed by atoms with van der Waals surface area (Å²) in [6.45, 7) is 2.28. The highest BCUT2D eigenvalue weighted by atomic mass is 32.1. The molecule has 6 nitrogen and oxygen atoms in total. The molecule has 0 spiro atoms. The molecular weight excluding hydrogens is 324 g/mol. The number of rotatable bonds is 11. The highest BCUT2D eigenvalue weighted by Crippen LogP contribution is 2.27. The van der Waals surface area contributed by atoms with Gasteiger partial charge in [0.25, 0.3) is 0 Å². The molecule has 0 atom stereocenters. The van der Waals surface area contributed by atoms with Crippen LogP contribution in [0.2, 0.25) is 0 Å². The van der Waals surface area contributed by atoms with Gasteiger partial charge in [0, 0.05) is 37.2 Å². The molecule has 0 saturated heterocycles. The van der Waals surface area contributed by atoms with E-state index < -0.39 is 0 Å². The zero-order valence-corrected chi connectivity index (χ0v) is 13.9. The molecule has 0 radical (unpaired) electrons. The van der Waals surface area contributed by atoms with Crippen LogP contribution >= 0.6 is 22.7 Å². The normalized spacial score (nSPS) is 11.2. The van der Waals surface area contributed by atoms with Crippen molar-refractivity contribution in [3.05, 3.63) is 22.1 Å². The molecule has 0 fully saturated rings. The summed E-state index contributed by atoms with van der Waals surface area (Å²) in [5.74, 6) is 0. The molecule has 2 N–H and O–H groups in total. The molecule has 2 heterocycles. The van der Waals surface area contributed by atoms with Crippen molar-refractivity contribution in [3.63, 3.8) is 0 Å². The van der Waals surface area contributed by atoms with E-state index in [1.165, 1.54) is 0 Å². The monoisotopic (exact) mass is 344 g/mol. The zero-order valence-electron chi connectivity index (χ0n) is 12.2. The van der Waals surface area contributed by atoms with E-state index in [1.807, 2.05) is 10.8 Å². The molecule has 22 heavy (non-hydrogen) atoms. The van der Waals surface area contributed by atoms with Gasteiger partial charge in [-0.25, -0.2) is 9.97 Å². The number of thiazole rings is 2. The maximum absolute atomic E-state index is 8.69. The topological polar surface area (TPSA) is 84.7 Å². The quantitative estimate of drug-likeness (QED) is 0.607. The fourth-order valence-electron chi connectivity index (χ4n) is 1.63. The van der Waals surface area contributed by atoms with Crippen molar-refractivity contribution in [1.29, 1.82) is 0 Å². The Labute approximate surface area is 137 Å². The third-order valence-electron chi connectivity index (χ3n) is 2.68. The lowest BCUT2D eigenvalue weighted by Gasteiger charge is -1.99. The maximum atomic E-state index is 8.69. The van der Waals surface area contributed by atoms with Crippen LogP contribution in [0.15, 0.2) is 10.8 Å². The van der Waals surface area contributed by atoms with Crippen LogP contribution in [0, 0.1) is 0 Å². The Morgan fingerprint density at radius 3 is 1.68 bits per heavy atom. The minimum absolute atomic E-state index is 0.143. The van der Waals surface area contributed by atoms with Crippen molar-refractivity contribution in [1.82, 2.24) is 9.97 Å². The molecule has 0 amide bonds. The van der Waals surface area contributed by atoms with Crippen LogP contribution in [-0.2, 0) is 22.7 Å². The van der Waals surface area contributed by atoms with E-state index >= 15 is 0 Å². The fraction of sp³-hybridized carbons (Fsp3) is 0.571. The summed E-state index contributed by atoms with van der Waals surface area (Å²) in [5, 5.41) is 23.1. The zero-order chi connectivity index (χ0) is 15.6. The van der Waals surface area contributed by atoms with E-state index in [4.69, 9.17) is 19.7 Å². The summed E-state index contributed by atoms with van der Waals surface area (Å²) < 4.78 is 10.8. The van der Waals surface area contributed by atoms with Gasteiger partial charge in [0.2, 0.25) is 0 Å². The fourth-order valence-corrected chi connectivity index (χ4v) is 3.29. The van der Waals surface area contributed by atoms with Crippen LogP contribution in [0.1, 0.15) is 24.2 Å². The van der Waals surface area contributed by atoms with E-state index in [0.717, 1.165) is 21.4 Å². The van der Waals surface area contributed by atoms with E-state index in [2.05, 4.69) is 9.97 Å². The molecule has 0 bridgehead atoms. The first-order valence-electron chi connectivity index (χ1n) is 7.10. The Balaban J connectivity index is 1.81. The largest absolute Gasteiger partial charge is 0.396 e. The Hall–Kier alpha value is -0.900. The van der Waals surface area contributed by atoms with E-state index in [0.29, 0.717) is 39.3 Å². The van der Waals surface area contributed by atoms with Crippen molar-refractivity contribution in [2.75, 3.05) is 26.4 Å². The standard InChI is InChI=1S/C14H20N2O4S2/c17-3-1-5-19-7-11-9-21-13(15-11)14-16-12(10-22-14)8-20-6-2-4-18/h9-10,17-18H,1-8H2. The average Bonchev–Trinajstić information content (AvgIpc) is 3.17. The molecule has 0 aromatic carbocycles. The van der Waals surface area contributed by atoms with E-state index in [1.54, 1.807) is 22.7 Å². The molecule has 0 aliphatic carbocycles. The average molecular weight is 344 g/mol. The van der Waals surface area contributed by atoms with Gasteiger partial charge in [0.1, 0.15) is 0 Å². The summed E-state index contributed by atoms with van der Waals surface area (Å²) in [4.78, 5) is 9.01. The molecule has 0 aliphatic rings. The molecule has 8 heteroatoms. The lowest BCUT2D eigenvalue weighted by Crippen LogP contribution is -1.98. The summed E-state index contributed by atoms with van der Waals surface area (Å²) >= 11 is 3.09. The van der Waals surface area contributed by atoms with Gasteiger partial charge in [-0.15, -0.1) is 22.7 Å². The van der Waals surface area contributed by atoms with Crippen molar-refractivity contribution >= 4 is 22.7 Å². The molecule has 122 valence electrons. The van der Waals surface area contributed by atoms with Gasteiger partial charge in [-0.2, -0.15) is 0 Å². The van der Waals surface area contributed by atoms with Gasteiger partial charge in [-0.3, -0.25) is 0 Å². The minimum atomic E-state index is 0.143. The third kappa shape index (κ3) is 5.71. The van der Waals surface area contributed by atoms with Crippen LogP contribution in [0.3, 0.4) is 0 Å².